The van der Waals surface area contributed by atoms with Crippen molar-refractivity contribution < 1.29 is 37.3 Å². The molecule has 0 bridgehead atoms. The molecule has 3 unspecified atom stereocenters. The van der Waals surface area contributed by atoms with E-state index in [1.165, 1.54) is 212 Å². The van der Waals surface area contributed by atoms with Crippen molar-refractivity contribution >= 4 is 19.7 Å². The van der Waals surface area contributed by atoms with Gasteiger partial charge in [-0.2, -0.15) is 0 Å². The summed E-state index contributed by atoms with van der Waals surface area (Å²) in [7, 11) is 1.47. The van der Waals surface area contributed by atoms with Crippen LogP contribution in [-0.4, -0.2) is 74.3 Å². The van der Waals surface area contributed by atoms with Crippen LogP contribution in [0, 0.1) is 0 Å². The Kier molecular flexibility index (Phi) is 53.8. The number of allylic oxidation sites excluding steroid dienone is 7. The van der Waals surface area contributed by atoms with Crippen LogP contribution < -0.4 is 5.32 Å². The highest BCUT2D eigenvalue weighted by Crippen LogP contribution is 2.43. The lowest BCUT2D eigenvalue weighted by atomic mass is 10.0. The number of rotatable bonds is 58. The molecule has 0 spiro atoms. The Morgan fingerprint density at radius 1 is 0.467 bits per heavy atom. The molecule has 1 amide bonds. The number of unbranched alkanes of at least 4 members (excludes halogenated alkanes) is 36. The first-order chi connectivity index (χ1) is 36.4. The molecule has 0 fully saturated rings. The number of carbonyl (C=O) groups excluding carboxylic acids is 2. The number of carbonyl (C=O) groups is 2. The van der Waals surface area contributed by atoms with Crippen molar-refractivity contribution in [3.63, 3.8) is 0 Å². The van der Waals surface area contributed by atoms with Gasteiger partial charge in [0.2, 0.25) is 5.91 Å². The highest BCUT2D eigenvalue weighted by atomic mass is 31.2. The Hall–Kier alpha value is -2.03. The van der Waals surface area contributed by atoms with E-state index in [1.54, 1.807) is 0 Å². The molecule has 0 aromatic rings. The van der Waals surface area contributed by atoms with Crippen LogP contribution in [0.4, 0.5) is 0 Å². The molecule has 0 aliphatic rings. The second kappa shape index (κ2) is 55.3. The number of phosphoric ester groups is 1. The zero-order chi connectivity index (χ0) is 55.0. The van der Waals surface area contributed by atoms with E-state index in [4.69, 9.17) is 13.8 Å². The van der Waals surface area contributed by atoms with Gasteiger partial charge in [0.15, 0.2) is 0 Å². The fraction of sp³-hybridized carbons (Fsp3) is 0.846. The molecule has 0 aromatic carbocycles. The van der Waals surface area contributed by atoms with E-state index >= 15 is 0 Å². The average molecular weight is 1080 g/mol. The van der Waals surface area contributed by atoms with Gasteiger partial charge >= 0.3 is 13.8 Å². The summed E-state index contributed by atoms with van der Waals surface area (Å²) in [6.45, 7) is 6.97. The van der Waals surface area contributed by atoms with Crippen molar-refractivity contribution in [3.8, 4) is 0 Å². The molecule has 0 rings (SSSR count). The molecule has 3 atom stereocenters. The van der Waals surface area contributed by atoms with Crippen LogP contribution in [0.1, 0.15) is 303 Å². The average Bonchev–Trinajstić information content (AvgIpc) is 3.37. The van der Waals surface area contributed by atoms with Gasteiger partial charge in [0.05, 0.1) is 33.8 Å². The SMILES string of the molecule is CCCCCCCC/C=C\C/C=C/CCC(=O)NC(COP(=O)(O)OCC[N+](C)(C)C)C(/C=C\CCCCCCCCCCC)OC(=O)CCCCCCCCCCCCCCCCC/C=C/CCCCCCCC. The van der Waals surface area contributed by atoms with Gasteiger partial charge in [-0.05, 0) is 76.7 Å². The van der Waals surface area contributed by atoms with Gasteiger partial charge in [0.25, 0.3) is 0 Å². The molecule has 0 radical (unpaired) electrons. The zero-order valence-corrected chi connectivity index (χ0v) is 51.2. The van der Waals surface area contributed by atoms with Crippen LogP contribution in [0.25, 0.3) is 0 Å². The van der Waals surface area contributed by atoms with Crippen LogP contribution in [0.2, 0.25) is 0 Å². The zero-order valence-electron chi connectivity index (χ0n) is 50.3. The van der Waals surface area contributed by atoms with E-state index in [1.807, 2.05) is 39.4 Å². The van der Waals surface area contributed by atoms with Crippen LogP contribution in [0.15, 0.2) is 48.6 Å². The molecule has 75 heavy (non-hydrogen) atoms. The molecular weight excluding hydrogens is 952 g/mol. The number of ether oxygens (including phenoxy) is 1. The maximum Gasteiger partial charge on any atom is 0.472 e. The van der Waals surface area contributed by atoms with E-state index in [2.05, 4.69) is 56.5 Å². The third kappa shape index (κ3) is 56.5. The Morgan fingerprint density at radius 2 is 0.827 bits per heavy atom. The molecule has 10 heteroatoms. The summed E-state index contributed by atoms with van der Waals surface area (Å²) in [4.78, 5) is 37.6. The van der Waals surface area contributed by atoms with Crippen molar-refractivity contribution in [3.05, 3.63) is 48.6 Å². The van der Waals surface area contributed by atoms with Gasteiger partial charge in [-0.3, -0.25) is 18.6 Å². The standard InChI is InChI=1S/C65H123N2O7P/c1-7-10-13-16-19-22-25-27-28-29-30-31-32-33-34-35-36-37-38-40-43-46-49-52-55-58-65(69)74-63(56-53-50-47-44-41-24-21-18-15-12-9-3)62(61-73-75(70,71)72-60-59-67(4,5)6)66-64(68)57-54-51-48-45-42-39-26-23-20-17-14-11-8-2/h27-28,39,42,48,51,53,56,62-63H,7-26,29-38,40-41,43-47,49-50,52,54-55,57-61H2,1-6H3,(H-,66,68,70,71)/p+1/b28-27+,42-39-,51-48+,56-53-. The fourth-order valence-corrected chi connectivity index (χ4v) is 10.0. The predicted octanol–water partition coefficient (Wildman–Crippen LogP) is 19.7. The van der Waals surface area contributed by atoms with Gasteiger partial charge in [-0.25, -0.2) is 4.57 Å². The van der Waals surface area contributed by atoms with E-state index in [-0.39, 0.29) is 37.9 Å². The maximum absolute atomic E-state index is 13.5. The third-order valence-electron chi connectivity index (χ3n) is 14.3. The Labute approximate surface area is 465 Å². The number of esters is 1. The summed E-state index contributed by atoms with van der Waals surface area (Å²) in [6.07, 6.45) is 68.6. The van der Waals surface area contributed by atoms with E-state index in [9.17, 15) is 19.0 Å². The smallest absolute Gasteiger partial charge is 0.456 e. The van der Waals surface area contributed by atoms with E-state index in [0.717, 1.165) is 51.4 Å². The lowest BCUT2D eigenvalue weighted by molar-refractivity contribution is -0.870. The number of quaternary nitrogens is 1. The number of phosphoric acid groups is 1. The lowest BCUT2D eigenvalue weighted by Gasteiger charge is -2.27. The summed E-state index contributed by atoms with van der Waals surface area (Å²) in [5, 5.41) is 3.01. The fourth-order valence-electron chi connectivity index (χ4n) is 9.28. The summed E-state index contributed by atoms with van der Waals surface area (Å²) in [6, 6.07) is -0.876. The predicted molar refractivity (Wildman–Crippen MR) is 323 cm³/mol. The third-order valence-corrected chi connectivity index (χ3v) is 15.2. The Balaban J connectivity index is 5.07. The molecular formula is C65H124N2O7P+. The van der Waals surface area contributed by atoms with Gasteiger partial charge in [-0.15, -0.1) is 0 Å². The topological polar surface area (TPSA) is 111 Å². The molecule has 0 heterocycles. The normalized spacial score (nSPS) is 14.0. The number of nitrogens with one attached hydrogen (secondary N) is 1. The van der Waals surface area contributed by atoms with Crippen molar-refractivity contribution in [1.82, 2.24) is 5.32 Å². The summed E-state index contributed by atoms with van der Waals surface area (Å²) < 4.78 is 30.6. The number of likely N-dealkylation sites (N-methyl/N-ethyl adjacent to an activating group) is 1. The minimum absolute atomic E-state index is 0.0320. The first-order valence-electron chi connectivity index (χ1n) is 32.0. The molecule has 0 aromatic heterocycles. The highest BCUT2D eigenvalue weighted by molar-refractivity contribution is 7.47. The van der Waals surface area contributed by atoms with Crippen LogP contribution >= 0.6 is 7.82 Å². The van der Waals surface area contributed by atoms with Crippen molar-refractivity contribution in [2.24, 2.45) is 0 Å². The lowest BCUT2D eigenvalue weighted by Crippen LogP contribution is -2.47. The number of hydrogen-bond acceptors (Lipinski definition) is 6. The molecule has 0 aliphatic heterocycles. The van der Waals surface area contributed by atoms with Crippen LogP contribution in [-0.2, 0) is 27.9 Å². The molecule has 0 saturated heterocycles. The van der Waals surface area contributed by atoms with Gasteiger partial charge < -0.3 is 19.4 Å². The maximum atomic E-state index is 13.5. The van der Waals surface area contributed by atoms with Crippen LogP contribution in [0.5, 0.6) is 0 Å². The second-order valence-corrected chi connectivity index (χ2v) is 24.4. The molecule has 0 saturated carbocycles. The summed E-state index contributed by atoms with van der Waals surface area (Å²) in [5.41, 5.74) is 0. The van der Waals surface area contributed by atoms with Crippen molar-refractivity contribution in [2.45, 2.75) is 315 Å². The highest BCUT2D eigenvalue weighted by Gasteiger charge is 2.30. The minimum atomic E-state index is -4.46. The first kappa shape index (κ1) is 73.0. The molecule has 0 aliphatic carbocycles. The van der Waals surface area contributed by atoms with Crippen molar-refractivity contribution in [2.75, 3.05) is 40.9 Å². The molecule has 2 N–H and O–H groups in total. The van der Waals surface area contributed by atoms with Crippen LogP contribution in [0.3, 0.4) is 0 Å². The van der Waals surface area contributed by atoms with Gasteiger partial charge in [0.1, 0.15) is 19.3 Å². The molecule has 9 nitrogen and oxygen atoms in total. The summed E-state index contributed by atoms with van der Waals surface area (Å²) in [5.74, 6) is -0.575. The second-order valence-electron chi connectivity index (χ2n) is 22.9. The first-order valence-corrected chi connectivity index (χ1v) is 33.5. The number of amides is 1. The molecule has 440 valence electrons. The summed E-state index contributed by atoms with van der Waals surface area (Å²) >= 11 is 0. The van der Waals surface area contributed by atoms with Crippen molar-refractivity contribution in [1.29, 1.82) is 0 Å². The number of nitrogens with zero attached hydrogens (tertiary/aromatic N) is 1. The minimum Gasteiger partial charge on any atom is -0.456 e. The van der Waals surface area contributed by atoms with E-state index in [0.29, 0.717) is 17.4 Å². The Bertz CT molecular complexity index is 1420. The number of hydrogen-bond donors (Lipinski definition) is 2. The quantitative estimate of drug-likeness (QED) is 0.0205. The Morgan fingerprint density at radius 3 is 1.24 bits per heavy atom. The monoisotopic (exact) mass is 1080 g/mol. The van der Waals surface area contributed by atoms with E-state index < -0.39 is 20.0 Å². The van der Waals surface area contributed by atoms with Gasteiger partial charge in [0, 0.05) is 12.8 Å². The van der Waals surface area contributed by atoms with Gasteiger partial charge in [-0.1, -0.05) is 262 Å². The largest absolute Gasteiger partial charge is 0.472 e.